The maximum absolute atomic E-state index is 12.5. The zero-order valence-electron chi connectivity index (χ0n) is 9.83. The molecule has 0 spiro atoms. The van der Waals surface area contributed by atoms with Crippen molar-refractivity contribution < 1.29 is 18.0 Å². The minimum Gasteiger partial charge on any atom is -0.348 e. The fourth-order valence-corrected chi connectivity index (χ4v) is 2.97. The second-order valence-electron chi connectivity index (χ2n) is 4.37. The summed E-state index contributed by atoms with van der Waals surface area (Å²) in [6.45, 7) is 2.41. The summed E-state index contributed by atoms with van der Waals surface area (Å²) in [5.41, 5.74) is 0.642. The summed E-state index contributed by atoms with van der Waals surface area (Å²) in [6.07, 6.45) is -3.17. The molecular weight excluding hydrogens is 265 g/mol. The van der Waals surface area contributed by atoms with Crippen molar-refractivity contribution in [3.05, 3.63) is 10.6 Å². The van der Waals surface area contributed by atoms with Gasteiger partial charge in [0.25, 0.3) is 0 Å². The van der Waals surface area contributed by atoms with Crippen LogP contribution in [0.3, 0.4) is 0 Å². The largest absolute Gasteiger partial charge is 0.391 e. The lowest BCUT2D eigenvalue weighted by molar-refractivity contribution is -0.179. The van der Waals surface area contributed by atoms with Crippen molar-refractivity contribution in [1.82, 2.24) is 4.98 Å². The Balaban J connectivity index is 2.03. The minimum absolute atomic E-state index is 0.0958. The van der Waals surface area contributed by atoms with E-state index in [1.165, 1.54) is 11.3 Å². The molecule has 0 bridgehead atoms. The second-order valence-corrected chi connectivity index (χ2v) is 5.38. The van der Waals surface area contributed by atoms with E-state index in [1.54, 1.807) is 6.92 Å². The first-order chi connectivity index (χ1) is 8.41. The van der Waals surface area contributed by atoms with Crippen molar-refractivity contribution in [2.45, 2.75) is 25.9 Å². The smallest absolute Gasteiger partial charge is 0.348 e. The Bertz CT molecular complexity index is 436. The van der Waals surface area contributed by atoms with Gasteiger partial charge in [-0.25, -0.2) is 4.98 Å². The van der Waals surface area contributed by atoms with Gasteiger partial charge in [0.1, 0.15) is 0 Å². The summed E-state index contributed by atoms with van der Waals surface area (Å²) in [5, 5.41) is 0.648. The highest BCUT2D eigenvalue weighted by Crippen LogP contribution is 2.36. The van der Waals surface area contributed by atoms with Crippen LogP contribution in [0.1, 0.15) is 28.2 Å². The van der Waals surface area contributed by atoms with Crippen LogP contribution in [0.25, 0.3) is 0 Å². The predicted octanol–water partition coefficient (Wildman–Crippen LogP) is 3.04. The minimum atomic E-state index is -4.10. The first-order valence-corrected chi connectivity index (χ1v) is 6.47. The number of anilines is 1. The first kappa shape index (κ1) is 13.3. The Labute approximate surface area is 107 Å². The molecule has 0 saturated carbocycles. The predicted molar refractivity (Wildman–Crippen MR) is 63.2 cm³/mol. The van der Waals surface area contributed by atoms with Crippen LogP contribution in [0.4, 0.5) is 18.3 Å². The Morgan fingerprint density at radius 2 is 2.00 bits per heavy atom. The summed E-state index contributed by atoms with van der Waals surface area (Å²) in [5.74, 6) is -1.21. The Hall–Kier alpha value is -1.11. The van der Waals surface area contributed by atoms with Crippen LogP contribution in [0.5, 0.6) is 0 Å². The molecule has 0 unspecified atom stereocenters. The molecule has 0 amide bonds. The average molecular weight is 278 g/mol. The fraction of sp³-hybridized carbons (Fsp3) is 0.636. The molecule has 0 radical (unpaired) electrons. The van der Waals surface area contributed by atoms with Gasteiger partial charge in [-0.1, -0.05) is 11.3 Å². The van der Waals surface area contributed by atoms with Gasteiger partial charge in [0.15, 0.2) is 11.4 Å². The highest BCUT2D eigenvalue weighted by Gasteiger charge is 2.41. The maximum Gasteiger partial charge on any atom is 0.391 e. The number of piperidine rings is 1. The number of nitrogens with zero attached hydrogens (tertiary/aromatic N) is 2. The van der Waals surface area contributed by atoms with Crippen molar-refractivity contribution in [3.8, 4) is 0 Å². The molecule has 1 aromatic rings. The Kier molecular flexibility index (Phi) is 3.61. The van der Waals surface area contributed by atoms with Crippen LogP contribution in [0, 0.1) is 12.8 Å². The molecule has 1 aromatic heterocycles. The van der Waals surface area contributed by atoms with Gasteiger partial charge in [0, 0.05) is 13.1 Å². The van der Waals surface area contributed by atoms with Crippen molar-refractivity contribution in [3.63, 3.8) is 0 Å². The fourth-order valence-electron chi connectivity index (χ4n) is 2.04. The van der Waals surface area contributed by atoms with Crippen LogP contribution < -0.4 is 4.90 Å². The van der Waals surface area contributed by atoms with E-state index in [9.17, 15) is 18.0 Å². The molecule has 2 rings (SSSR count). The number of hydrogen-bond acceptors (Lipinski definition) is 4. The number of rotatable bonds is 2. The number of hydrogen-bond donors (Lipinski definition) is 0. The zero-order chi connectivity index (χ0) is 13.3. The SMILES string of the molecule is Cc1nc(N2CCC(C(F)(F)F)CC2)sc1C=O. The summed E-state index contributed by atoms with van der Waals surface area (Å²) in [4.78, 5) is 17.3. The molecule has 100 valence electrons. The van der Waals surface area contributed by atoms with E-state index in [1.807, 2.05) is 4.90 Å². The summed E-state index contributed by atoms with van der Waals surface area (Å²) in [7, 11) is 0. The molecule has 0 N–H and O–H groups in total. The molecule has 7 heteroatoms. The lowest BCUT2D eigenvalue weighted by Gasteiger charge is -2.32. The molecule has 1 fully saturated rings. The third kappa shape index (κ3) is 2.66. The lowest BCUT2D eigenvalue weighted by atomic mass is 9.97. The number of aldehydes is 1. The van der Waals surface area contributed by atoms with Gasteiger partial charge in [-0.3, -0.25) is 4.79 Å². The van der Waals surface area contributed by atoms with Crippen LogP contribution in [0.2, 0.25) is 0 Å². The van der Waals surface area contributed by atoms with E-state index in [-0.39, 0.29) is 12.8 Å². The van der Waals surface area contributed by atoms with Gasteiger partial charge in [-0.15, -0.1) is 0 Å². The van der Waals surface area contributed by atoms with Crippen LogP contribution in [-0.2, 0) is 0 Å². The first-order valence-electron chi connectivity index (χ1n) is 5.66. The Morgan fingerprint density at radius 3 is 2.44 bits per heavy atom. The van der Waals surface area contributed by atoms with E-state index in [0.29, 0.717) is 28.8 Å². The van der Waals surface area contributed by atoms with Crippen LogP contribution >= 0.6 is 11.3 Å². The Morgan fingerprint density at radius 1 is 1.39 bits per heavy atom. The number of halogens is 3. The summed E-state index contributed by atoms with van der Waals surface area (Å²) >= 11 is 1.24. The number of aryl methyl sites for hydroxylation is 1. The molecule has 3 nitrogen and oxygen atoms in total. The van der Waals surface area contributed by atoms with E-state index >= 15 is 0 Å². The third-order valence-corrected chi connectivity index (χ3v) is 4.30. The van der Waals surface area contributed by atoms with E-state index in [0.717, 1.165) is 6.29 Å². The molecule has 1 aliphatic rings. The van der Waals surface area contributed by atoms with E-state index < -0.39 is 12.1 Å². The number of thiazole rings is 1. The van der Waals surface area contributed by atoms with Crippen molar-refractivity contribution in [1.29, 1.82) is 0 Å². The van der Waals surface area contributed by atoms with Gasteiger partial charge in [-0.2, -0.15) is 13.2 Å². The van der Waals surface area contributed by atoms with Crippen LogP contribution in [0.15, 0.2) is 0 Å². The van der Waals surface area contributed by atoms with Crippen LogP contribution in [-0.4, -0.2) is 30.5 Å². The quantitative estimate of drug-likeness (QED) is 0.780. The number of alkyl halides is 3. The van der Waals surface area contributed by atoms with E-state index in [4.69, 9.17) is 0 Å². The summed E-state index contributed by atoms with van der Waals surface area (Å²) in [6, 6.07) is 0. The molecule has 0 aromatic carbocycles. The number of carbonyl (C=O) groups excluding carboxylic acids is 1. The lowest BCUT2D eigenvalue weighted by Crippen LogP contribution is -2.38. The van der Waals surface area contributed by atoms with Gasteiger partial charge < -0.3 is 4.90 Å². The van der Waals surface area contributed by atoms with Crippen molar-refractivity contribution in [2.24, 2.45) is 5.92 Å². The molecule has 0 aliphatic carbocycles. The third-order valence-electron chi connectivity index (χ3n) is 3.16. The van der Waals surface area contributed by atoms with Gasteiger partial charge in [0.05, 0.1) is 16.5 Å². The average Bonchev–Trinajstić information content (AvgIpc) is 2.69. The van der Waals surface area contributed by atoms with Gasteiger partial charge in [0.2, 0.25) is 0 Å². The van der Waals surface area contributed by atoms with Crippen molar-refractivity contribution >= 4 is 22.8 Å². The number of aromatic nitrogens is 1. The molecule has 18 heavy (non-hydrogen) atoms. The number of carbonyl (C=O) groups is 1. The topological polar surface area (TPSA) is 33.2 Å². The normalized spacial score (nSPS) is 18.1. The zero-order valence-corrected chi connectivity index (χ0v) is 10.6. The molecule has 2 heterocycles. The van der Waals surface area contributed by atoms with Crippen molar-refractivity contribution in [2.75, 3.05) is 18.0 Å². The van der Waals surface area contributed by atoms with Gasteiger partial charge in [-0.05, 0) is 19.8 Å². The molecule has 1 aliphatic heterocycles. The second kappa shape index (κ2) is 4.87. The molecule has 0 atom stereocenters. The molecular formula is C11H13F3N2OS. The standard InChI is InChI=1S/C11H13F3N2OS/c1-7-9(6-17)18-10(15-7)16-4-2-8(3-5-16)11(12,13)14/h6,8H,2-5H2,1H3. The highest BCUT2D eigenvalue weighted by molar-refractivity contribution is 7.17. The molecule has 1 saturated heterocycles. The van der Waals surface area contributed by atoms with E-state index in [2.05, 4.69) is 4.98 Å². The monoisotopic (exact) mass is 278 g/mol. The maximum atomic E-state index is 12.5. The van der Waals surface area contributed by atoms with Gasteiger partial charge >= 0.3 is 6.18 Å². The highest BCUT2D eigenvalue weighted by atomic mass is 32.1. The summed E-state index contributed by atoms with van der Waals surface area (Å²) < 4.78 is 37.5.